The van der Waals surface area contributed by atoms with Crippen molar-refractivity contribution in [2.24, 2.45) is 5.92 Å². The lowest BCUT2D eigenvalue weighted by atomic mass is 10.0. The molecule has 0 radical (unpaired) electrons. The van der Waals surface area contributed by atoms with Crippen LogP contribution in [0.3, 0.4) is 0 Å². The van der Waals surface area contributed by atoms with Crippen molar-refractivity contribution >= 4 is 11.7 Å². The molecule has 1 atom stereocenters. The minimum atomic E-state index is -0.0232. The topological polar surface area (TPSA) is 53.6 Å². The summed E-state index contributed by atoms with van der Waals surface area (Å²) in [5.41, 5.74) is 1.22. The third kappa shape index (κ3) is 6.77. The molecule has 146 valence electrons. The van der Waals surface area contributed by atoms with E-state index in [0.29, 0.717) is 0 Å². The molecule has 1 aromatic carbocycles. The summed E-state index contributed by atoms with van der Waals surface area (Å²) in [5.74, 6) is 1.61. The summed E-state index contributed by atoms with van der Waals surface area (Å²) in [6, 6.07) is 8.64. The summed E-state index contributed by atoms with van der Waals surface area (Å²) < 4.78 is 5.21. The molecule has 2 N–H and O–H groups in total. The van der Waals surface area contributed by atoms with Crippen molar-refractivity contribution in [1.82, 2.24) is 10.6 Å². The molecule has 0 bridgehead atoms. The Labute approximate surface area is 158 Å². The summed E-state index contributed by atoms with van der Waals surface area (Å²) in [6.45, 7) is 8.49. The second-order valence-electron chi connectivity index (χ2n) is 7.80. The Morgan fingerprint density at radius 2 is 1.81 bits per heavy atom. The number of amides is 2. The van der Waals surface area contributed by atoms with Crippen molar-refractivity contribution in [2.75, 3.05) is 25.1 Å². The minimum absolute atomic E-state index is 0.0232. The van der Waals surface area contributed by atoms with E-state index in [9.17, 15) is 4.79 Å². The fourth-order valence-corrected chi connectivity index (χ4v) is 3.43. The van der Waals surface area contributed by atoms with E-state index in [1.54, 1.807) is 7.11 Å². The van der Waals surface area contributed by atoms with Crippen molar-refractivity contribution in [3.63, 3.8) is 0 Å². The highest BCUT2D eigenvalue weighted by molar-refractivity contribution is 5.74. The zero-order chi connectivity index (χ0) is 18.9. The van der Waals surface area contributed by atoms with E-state index in [-0.39, 0.29) is 18.1 Å². The van der Waals surface area contributed by atoms with Gasteiger partial charge in [-0.05, 0) is 56.4 Å². The normalized spacial score (nSPS) is 16.4. The van der Waals surface area contributed by atoms with Crippen molar-refractivity contribution in [2.45, 2.75) is 65.0 Å². The van der Waals surface area contributed by atoms with Crippen molar-refractivity contribution in [3.05, 3.63) is 24.3 Å². The standard InChI is InChI=1S/C21H35N3O2/c1-16(2)6-5-7-17(3)22-21(25)23-18-12-14-24(15-13-18)19-8-10-20(26-4)11-9-19/h8-11,16-18H,5-7,12-15H2,1-4H3,(H2,22,23,25). The molecule has 1 aliphatic heterocycles. The fourth-order valence-electron chi connectivity index (χ4n) is 3.43. The average molecular weight is 362 g/mol. The molecule has 1 fully saturated rings. The molecule has 1 saturated heterocycles. The van der Waals surface area contributed by atoms with Crippen molar-refractivity contribution in [3.8, 4) is 5.75 Å². The van der Waals surface area contributed by atoms with Crippen LogP contribution in [0.15, 0.2) is 24.3 Å². The van der Waals surface area contributed by atoms with Crippen LogP contribution >= 0.6 is 0 Å². The van der Waals surface area contributed by atoms with E-state index >= 15 is 0 Å². The Morgan fingerprint density at radius 3 is 2.38 bits per heavy atom. The molecular weight excluding hydrogens is 326 g/mol. The summed E-state index contributed by atoms with van der Waals surface area (Å²) in [7, 11) is 1.68. The molecular formula is C21H35N3O2. The predicted octanol–water partition coefficient (Wildman–Crippen LogP) is 4.18. The number of ether oxygens (including phenoxy) is 1. The maximum atomic E-state index is 12.2. The molecule has 0 spiro atoms. The number of nitrogens with zero attached hydrogens (tertiary/aromatic N) is 1. The highest BCUT2D eigenvalue weighted by Crippen LogP contribution is 2.22. The molecule has 1 heterocycles. The number of anilines is 1. The summed E-state index contributed by atoms with van der Waals surface area (Å²) in [4.78, 5) is 14.6. The molecule has 2 rings (SSSR count). The Morgan fingerprint density at radius 1 is 1.15 bits per heavy atom. The molecule has 26 heavy (non-hydrogen) atoms. The van der Waals surface area contributed by atoms with Crippen LogP contribution in [0.1, 0.15) is 52.9 Å². The second-order valence-corrected chi connectivity index (χ2v) is 7.80. The smallest absolute Gasteiger partial charge is 0.315 e. The maximum absolute atomic E-state index is 12.2. The zero-order valence-corrected chi connectivity index (χ0v) is 16.8. The lowest BCUT2D eigenvalue weighted by Gasteiger charge is -2.34. The van der Waals surface area contributed by atoms with Gasteiger partial charge in [0, 0.05) is 30.9 Å². The molecule has 5 heteroatoms. The van der Waals surface area contributed by atoms with E-state index in [4.69, 9.17) is 4.74 Å². The number of benzene rings is 1. The third-order valence-electron chi connectivity index (χ3n) is 5.06. The van der Waals surface area contributed by atoms with Gasteiger partial charge in [0.05, 0.1) is 7.11 Å². The van der Waals surface area contributed by atoms with Gasteiger partial charge < -0.3 is 20.3 Å². The molecule has 1 aromatic rings. The van der Waals surface area contributed by atoms with Gasteiger partial charge >= 0.3 is 6.03 Å². The molecule has 5 nitrogen and oxygen atoms in total. The summed E-state index contributed by atoms with van der Waals surface area (Å²) in [5, 5.41) is 6.22. The van der Waals surface area contributed by atoms with E-state index in [2.05, 4.69) is 48.4 Å². The van der Waals surface area contributed by atoms with E-state index < -0.39 is 0 Å². The van der Waals surface area contributed by atoms with Crippen molar-refractivity contribution in [1.29, 1.82) is 0 Å². The monoisotopic (exact) mass is 361 g/mol. The lowest BCUT2D eigenvalue weighted by molar-refractivity contribution is 0.230. The van der Waals surface area contributed by atoms with Crippen LogP contribution in [0.4, 0.5) is 10.5 Å². The first kappa shape index (κ1) is 20.4. The van der Waals surface area contributed by atoms with Gasteiger partial charge in [0.15, 0.2) is 0 Å². The largest absolute Gasteiger partial charge is 0.497 e. The number of methoxy groups -OCH3 is 1. The number of carbonyl (C=O) groups excluding carboxylic acids is 1. The van der Waals surface area contributed by atoms with Crippen LogP contribution in [0.5, 0.6) is 5.75 Å². The van der Waals surface area contributed by atoms with Gasteiger partial charge in [0.1, 0.15) is 5.75 Å². The highest BCUT2D eigenvalue weighted by Gasteiger charge is 2.21. The van der Waals surface area contributed by atoms with Gasteiger partial charge in [-0.25, -0.2) is 4.79 Å². The molecule has 1 unspecified atom stereocenters. The highest BCUT2D eigenvalue weighted by atomic mass is 16.5. The van der Waals surface area contributed by atoms with Gasteiger partial charge in [-0.1, -0.05) is 26.7 Å². The van der Waals surface area contributed by atoms with Gasteiger partial charge in [-0.2, -0.15) is 0 Å². The van der Waals surface area contributed by atoms with E-state index in [0.717, 1.165) is 44.0 Å². The Hall–Kier alpha value is -1.91. The molecule has 0 saturated carbocycles. The second kappa shape index (κ2) is 10.3. The Kier molecular flexibility index (Phi) is 8.07. The fraction of sp³-hybridized carbons (Fsp3) is 0.667. The van der Waals surface area contributed by atoms with Crippen LogP contribution < -0.4 is 20.3 Å². The summed E-state index contributed by atoms with van der Waals surface area (Å²) in [6.07, 6.45) is 5.38. The number of urea groups is 1. The molecule has 2 amide bonds. The van der Waals surface area contributed by atoms with Gasteiger partial charge in [0.2, 0.25) is 0 Å². The third-order valence-corrected chi connectivity index (χ3v) is 5.06. The van der Waals surface area contributed by atoms with Crippen LogP contribution in [-0.2, 0) is 0 Å². The number of rotatable bonds is 8. The van der Waals surface area contributed by atoms with Crippen molar-refractivity contribution < 1.29 is 9.53 Å². The minimum Gasteiger partial charge on any atom is -0.497 e. The Balaban J connectivity index is 1.68. The SMILES string of the molecule is COc1ccc(N2CCC(NC(=O)NC(C)CCCC(C)C)CC2)cc1. The number of hydrogen-bond donors (Lipinski definition) is 2. The van der Waals surface area contributed by atoms with Crippen LogP contribution in [-0.4, -0.2) is 38.3 Å². The van der Waals surface area contributed by atoms with E-state index in [1.165, 1.54) is 18.5 Å². The van der Waals surface area contributed by atoms with Crippen LogP contribution in [0, 0.1) is 5.92 Å². The summed E-state index contributed by atoms with van der Waals surface area (Å²) >= 11 is 0. The quantitative estimate of drug-likeness (QED) is 0.730. The molecule has 0 aliphatic carbocycles. The molecule has 0 aromatic heterocycles. The van der Waals surface area contributed by atoms with Gasteiger partial charge in [-0.3, -0.25) is 0 Å². The Bertz CT molecular complexity index is 537. The predicted molar refractivity (Wildman–Crippen MR) is 108 cm³/mol. The first-order valence-corrected chi connectivity index (χ1v) is 9.94. The zero-order valence-electron chi connectivity index (χ0n) is 16.8. The van der Waals surface area contributed by atoms with Gasteiger partial charge in [0.25, 0.3) is 0 Å². The molecule has 1 aliphatic rings. The lowest BCUT2D eigenvalue weighted by Crippen LogP contribution is -2.49. The number of carbonyl (C=O) groups is 1. The number of piperidine rings is 1. The first-order chi connectivity index (χ1) is 12.5. The van der Waals surface area contributed by atoms with Gasteiger partial charge in [-0.15, -0.1) is 0 Å². The number of nitrogens with one attached hydrogen (secondary N) is 2. The maximum Gasteiger partial charge on any atom is 0.315 e. The average Bonchev–Trinajstić information content (AvgIpc) is 2.62. The number of hydrogen-bond acceptors (Lipinski definition) is 3. The van der Waals surface area contributed by atoms with Crippen LogP contribution in [0.2, 0.25) is 0 Å². The van der Waals surface area contributed by atoms with Crippen LogP contribution in [0.25, 0.3) is 0 Å². The first-order valence-electron chi connectivity index (χ1n) is 9.94. The van der Waals surface area contributed by atoms with E-state index in [1.807, 2.05) is 12.1 Å².